The van der Waals surface area contributed by atoms with Crippen LogP contribution in [-0.4, -0.2) is 26.2 Å². The summed E-state index contributed by atoms with van der Waals surface area (Å²) in [5.41, 5.74) is 0.411. The Morgan fingerprint density at radius 2 is 2.18 bits per heavy atom. The van der Waals surface area contributed by atoms with E-state index in [1.54, 1.807) is 24.3 Å². The summed E-state index contributed by atoms with van der Waals surface area (Å²) in [6.45, 7) is 0. The lowest BCUT2D eigenvalue weighted by Gasteiger charge is -2.07. The molecule has 1 aromatic carbocycles. The van der Waals surface area contributed by atoms with Gasteiger partial charge in [0, 0.05) is 11.3 Å². The smallest absolute Gasteiger partial charge is 0.169 e. The normalized spacial score (nSPS) is 12.8. The Bertz CT molecular complexity index is 575. The second-order valence-electron chi connectivity index (χ2n) is 3.65. The van der Waals surface area contributed by atoms with E-state index in [2.05, 4.69) is 0 Å². The topological polar surface area (TPSA) is 75.0 Å². The van der Waals surface area contributed by atoms with Gasteiger partial charge in [0.1, 0.15) is 11.7 Å². The first-order chi connectivity index (χ1) is 7.83. The lowest BCUT2D eigenvalue weighted by atomic mass is 9.97. The zero-order valence-electron chi connectivity index (χ0n) is 9.05. The standard InChI is InChI=1S/C11H10ClNO3S/c1-17(15,16)7-11(14)10(6-13)8-3-2-4-9(12)5-8/h2-5,10H,7H2,1H3. The van der Waals surface area contributed by atoms with Crippen molar-refractivity contribution < 1.29 is 13.2 Å². The maximum Gasteiger partial charge on any atom is 0.169 e. The Morgan fingerprint density at radius 1 is 1.53 bits per heavy atom. The van der Waals surface area contributed by atoms with E-state index < -0.39 is 27.3 Å². The van der Waals surface area contributed by atoms with Crippen LogP contribution in [0.3, 0.4) is 0 Å². The number of nitrogens with zero attached hydrogens (tertiary/aromatic N) is 1. The molecule has 17 heavy (non-hydrogen) atoms. The summed E-state index contributed by atoms with van der Waals surface area (Å²) < 4.78 is 22.0. The van der Waals surface area contributed by atoms with E-state index >= 15 is 0 Å². The summed E-state index contributed by atoms with van der Waals surface area (Å²) >= 11 is 5.74. The van der Waals surface area contributed by atoms with E-state index in [0.717, 1.165) is 6.26 Å². The van der Waals surface area contributed by atoms with Crippen molar-refractivity contribution in [2.45, 2.75) is 5.92 Å². The molecule has 0 fully saturated rings. The quantitative estimate of drug-likeness (QED) is 0.833. The summed E-state index contributed by atoms with van der Waals surface area (Å²) in [7, 11) is -3.43. The summed E-state index contributed by atoms with van der Waals surface area (Å²) in [5.74, 6) is -2.38. The maximum absolute atomic E-state index is 11.7. The van der Waals surface area contributed by atoms with Crippen molar-refractivity contribution in [2.75, 3.05) is 12.0 Å². The van der Waals surface area contributed by atoms with E-state index in [-0.39, 0.29) is 0 Å². The van der Waals surface area contributed by atoms with Crippen LogP contribution in [0.15, 0.2) is 24.3 Å². The molecule has 0 N–H and O–H groups in total. The second kappa shape index (κ2) is 5.30. The van der Waals surface area contributed by atoms with Gasteiger partial charge in [0.2, 0.25) is 0 Å². The first-order valence-electron chi connectivity index (χ1n) is 4.69. The Hall–Kier alpha value is -1.38. The summed E-state index contributed by atoms with van der Waals surface area (Å²) in [5, 5.41) is 9.33. The third-order valence-corrected chi connectivity index (χ3v) is 3.08. The van der Waals surface area contributed by atoms with Gasteiger partial charge in [-0.2, -0.15) is 5.26 Å². The molecule has 0 spiro atoms. The Balaban J connectivity index is 3.02. The molecular weight excluding hydrogens is 262 g/mol. The third-order valence-electron chi connectivity index (χ3n) is 2.04. The van der Waals surface area contributed by atoms with Gasteiger partial charge in [-0.05, 0) is 17.7 Å². The van der Waals surface area contributed by atoms with E-state index in [9.17, 15) is 13.2 Å². The molecule has 0 bridgehead atoms. The lowest BCUT2D eigenvalue weighted by Crippen LogP contribution is -2.20. The van der Waals surface area contributed by atoms with Crippen LogP contribution in [-0.2, 0) is 14.6 Å². The van der Waals surface area contributed by atoms with E-state index in [4.69, 9.17) is 16.9 Å². The zero-order chi connectivity index (χ0) is 13.1. The molecule has 1 aromatic rings. The Morgan fingerprint density at radius 3 is 2.65 bits per heavy atom. The fourth-order valence-electron chi connectivity index (χ4n) is 1.36. The van der Waals surface area contributed by atoms with Crippen molar-refractivity contribution in [1.29, 1.82) is 5.26 Å². The highest BCUT2D eigenvalue weighted by atomic mass is 35.5. The van der Waals surface area contributed by atoms with Gasteiger partial charge in [0.25, 0.3) is 0 Å². The van der Waals surface area contributed by atoms with Gasteiger partial charge in [-0.3, -0.25) is 4.79 Å². The largest absolute Gasteiger partial charge is 0.297 e. The van der Waals surface area contributed by atoms with Gasteiger partial charge >= 0.3 is 0 Å². The molecule has 1 atom stereocenters. The molecule has 0 radical (unpaired) electrons. The molecule has 0 aromatic heterocycles. The van der Waals surface area contributed by atoms with Crippen LogP contribution in [0, 0.1) is 11.3 Å². The predicted molar refractivity (Wildman–Crippen MR) is 64.5 cm³/mol. The van der Waals surface area contributed by atoms with Crippen LogP contribution < -0.4 is 0 Å². The first kappa shape index (κ1) is 13.7. The summed E-state index contributed by atoms with van der Waals surface area (Å²) in [4.78, 5) is 11.7. The van der Waals surface area contributed by atoms with Crippen LogP contribution in [0.1, 0.15) is 11.5 Å². The molecule has 0 aliphatic heterocycles. The van der Waals surface area contributed by atoms with Gasteiger partial charge in [0.05, 0.1) is 6.07 Å². The molecule has 90 valence electrons. The number of sulfone groups is 1. The fourth-order valence-corrected chi connectivity index (χ4v) is 2.24. The van der Waals surface area contributed by atoms with Crippen molar-refractivity contribution in [3.05, 3.63) is 34.9 Å². The van der Waals surface area contributed by atoms with E-state index in [0.29, 0.717) is 10.6 Å². The molecule has 0 aliphatic carbocycles. The second-order valence-corrected chi connectivity index (χ2v) is 6.23. The highest BCUT2D eigenvalue weighted by Crippen LogP contribution is 2.20. The number of ketones is 1. The Labute approximate surface area is 105 Å². The van der Waals surface area contributed by atoms with Crippen LogP contribution >= 0.6 is 11.6 Å². The maximum atomic E-state index is 11.7. The Kier molecular flexibility index (Phi) is 4.27. The van der Waals surface area contributed by atoms with Crippen LogP contribution in [0.25, 0.3) is 0 Å². The number of rotatable bonds is 4. The third kappa shape index (κ3) is 4.17. The number of hydrogen-bond donors (Lipinski definition) is 0. The van der Waals surface area contributed by atoms with Gasteiger partial charge in [-0.1, -0.05) is 23.7 Å². The number of hydrogen-bond acceptors (Lipinski definition) is 4. The molecule has 4 nitrogen and oxygen atoms in total. The highest BCUT2D eigenvalue weighted by molar-refractivity contribution is 7.91. The number of Topliss-reactive ketones (excluding diaryl/α,β-unsaturated/α-hetero) is 1. The zero-order valence-corrected chi connectivity index (χ0v) is 10.6. The molecule has 0 amide bonds. The first-order valence-corrected chi connectivity index (χ1v) is 7.13. The van der Waals surface area contributed by atoms with Crippen molar-refractivity contribution in [3.8, 4) is 6.07 Å². The van der Waals surface area contributed by atoms with Gasteiger partial charge in [0.15, 0.2) is 15.6 Å². The number of carbonyl (C=O) groups excluding carboxylic acids is 1. The highest BCUT2D eigenvalue weighted by Gasteiger charge is 2.23. The van der Waals surface area contributed by atoms with Crippen LogP contribution in [0.4, 0.5) is 0 Å². The summed E-state index contributed by atoms with van der Waals surface area (Å²) in [6, 6.07) is 8.06. The minimum atomic E-state index is -3.43. The minimum Gasteiger partial charge on any atom is -0.297 e. The summed E-state index contributed by atoms with van der Waals surface area (Å²) in [6.07, 6.45) is 0.956. The molecule has 0 saturated heterocycles. The lowest BCUT2D eigenvalue weighted by molar-refractivity contribution is -0.116. The van der Waals surface area contributed by atoms with E-state index in [1.165, 1.54) is 6.07 Å². The number of carbonyl (C=O) groups is 1. The van der Waals surface area contributed by atoms with Crippen molar-refractivity contribution in [3.63, 3.8) is 0 Å². The molecule has 6 heteroatoms. The monoisotopic (exact) mass is 271 g/mol. The van der Waals surface area contributed by atoms with Gasteiger partial charge < -0.3 is 0 Å². The number of halogens is 1. The van der Waals surface area contributed by atoms with Crippen LogP contribution in [0.2, 0.25) is 5.02 Å². The van der Waals surface area contributed by atoms with Crippen molar-refractivity contribution >= 4 is 27.2 Å². The average molecular weight is 272 g/mol. The van der Waals surface area contributed by atoms with Crippen LogP contribution in [0.5, 0.6) is 0 Å². The van der Waals surface area contributed by atoms with Gasteiger partial charge in [-0.15, -0.1) is 0 Å². The molecule has 1 rings (SSSR count). The fraction of sp³-hybridized carbons (Fsp3) is 0.273. The minimum absolute atomic E-state index is 0.398. The van der Waals surface area contributed by atoms with Crippen molar-refractivity contribution in [2.24, 2.45) is 0 Å². The number of benzene rings is 1. The van der Waals surface area contributed by atoms with Gasteiger partial charge in [-0.25, -0.2) is 8.42 Å². The molecule has 0 aliphatic rings. The van der Waals surface area contributed by atoms with Crippen molar-refractivity contribution in [1.82, 2.24) is 0 Å². The molecule has 1 unspecified atom stereocenters. The van der Waals surface area contributed by atoms with E-state index in [1.807, 2.05) is 0 Å². The molecule has 0 saturated carbocycles. The predicted octanol–water partition coefficient (Wildman–Crippen LogP) is 1.56. The molecule has 0 heterocycles. The number of nitriles is 1. The average Bonchev–Trinajstić information content (AvgIpc) is 2.15. The SMILES string of the molecule is CS(=O)(=O)CC(=O)C(C#N)c1cccc(Cl)c1. The molecular formula is C11H10ClNO3S.